The summed E-state index contributed by atoms with van der Waals surface area (Å²) in [6, 6.07) is 0. The van der Waals surface area contributed by atoms with Gasteiger partial charge in [-0.25, -0.2) is 0 Å². The highest BCUT2D eigenvalue weighted by molar-refractivity contribution is 9.10. The first-order valence-electron chi connectivity index (χ1n) is 3.73. The van der Waals surface area contributed by atoms with E-state index < -0.39 is 0 Å². The van der Waals surface area contributed by atoms with Crippen molar-refractivity contribution in [2.24, 2.45) is 7.05 Å². The largest absolute Gasteiger partial charge is 0.395 e. The molecule has 0 aliphatic heterocycles. The molecule has 1 rings (SSSR count). The Kier molecular flexibility index (Phi) is 3.44. The lowest BCUT2D eigenvalue weighted by Gasteiger charge is -1.99. The number of hydrogen-bond donors (Lipinski definition) is 2. The van der Waals surface area contributed by atoms with Crippen LogP contribution in [-0.4, -0.2) is 33.9 Å². The van der Waals surface area contributed by atoms with Crippen molar-refractivity contribution in [3.05, 3.63) is 16.4 Å². The van der Waals surface area contributed by atoms with Gasteiger partial charge in [0.25, 0.3) is 5.91 Å². The van der Waals surface area contributed by atoms with Crippen molar-refractivity contribution in [1.82, 2.24) is 15.1 Å². The first kappa shape index (κ1) is 10.2. The van der Waals surface area contributed by atoms with Crippen molar-refractivity contribution in [1.29, 1.82) is 0 Å². The molecule has 0 aliphatic rings. The normalized spacial score (nSPS) is 10.1. The summed E-state index contributed by atoms with van der Waals surface area (Å²) in [4.78, 5) is 11.3. The van der Waals surface area contributed by atoms with Gasteiger partial charge in [0.15, 0.2) is 5.69 Å². The molecule has 0 aromatic carbocycles. The fourth-order valence-electron chi connectivity index (χ4n) is 0.867. The number of carbonyl (C=O) groups is 1. The third-order valence-electron chi connectivity index (χ3n) is 1.40. The second-order valence-electron chi connectivity index (χ2n) is 2.48. The molecule has 2 N–H and O–H groups in total. The van der Waals surface area contributed by atoms with Crippen LogP contribution in [0.3, 0.4) is 0 Å². The van der Waals surface area contributed by atoms with Crippen LogP contribution >= 0.6 is 15.9 Å². The van der Waals surface area contributed by atoms with Crippen LogP contribution < -0.4 is 5.32 Å². The summed E-state index contributed by atoms with van der Waals surface area (Å²) in [6.07, 6.45) is 1.69. The number of amides is 1. The highest BCUT2D eigenvalue weighted by atomic mass is 79.9. The summed E-state index contributed by atoms with van der Waals surface area (Å²) >= 11 is 3.20. The van der Waals surface area contributed by atoms with E-state index in [1.165, 1.54) is 4.68 Å². The van der Waals surface area contributed by atoms with Crippen molar-refractivity contribution in [3.63, 3.8) is 0 Å². The Bertz CT molecular complexity index is 311. The highest BCUT2D eigenvalue weighted by Crippen LogP contribution is 2.13. The molecular formula is C7H10BrN3O2. The molecule has 13 heavy (non-hydrogen) atoms. The molecule has 1 aromatic rings. The van der Waals surface area contributed by atoms with Gasteiger partial charge >= 0.3 is 0 Å². The number of nitrogens with one attached hydrogen (secondary N) is 1. The molecular weight excluding hydrogens is 238 g/mol. The monoisotopic (exact) mass is 247 g/mol. The van der Waals surface area contributed by atoms with E-state index in [1.807, 2.05) is 0 Å². The maximum atomic E-state index is 11.3. The molecule has 72 valence electrons. The molecule has 1 aromatic heterocycles. The number of aliphatic hydroxyl groups excluding tert-OH is 1. The van der Waals surface area contributed by atoms with E-state index in [1.54, 1.807) is 13.2 Å². The minimum Gasteiger partial charge on any atom is -0.395 e. The maximum Gasteiger partial charge on any atom is 0.273 e. The van der Waals surface area contributed by atoms with Crippen LogP contribution in [0.1, 0.15) is 10.5 Å². The van der Waals surface area contributed by atoms with Crippen molar-refractivity contribution >= 4 is 21.8 Å². The van der Waals surface area contributed by atoms with Gasteiger partial charge in [-0.05, 0) is 15.9 Å². The summed E-state index contributed by atoms with van der Waals surface area (Å²) in [7, 11) is 1.73. The van der Waals surface area contributed by atoms with E-state index in [2.05, 4.69) is 26.3 Å². The Morgan fingerprint density at radius 2 is 2.54 bits per heavy atom. The van der Waals surface area contributed by atoms with Crippen LogP contribution in [0.5, 0.6) is 0 Å². The van der Waals surface area contributed by atoms with E-state index in [0.717, 1.165) is 0 Å². The van der Waals surface area contributed by atoms with E-state index in [0.29, 0.717) is 10.2 Å². The van der Waals surface area contributed by atoms with Gasteiger partial charge in [0.2, 0.25) is 0 Å². The maximum absolute atomic E-state index is 11.3. The summed E-state index contributed by atoms with van der Waals surface area (Å²) in [6.45, 7) is 0.165. The van der Waals surface area contributed by atoms with Crippen LogP contribution in [0.4, 0.5) is 0 Å². The summed E-state index contributed by atoms with van der Waals surface area (Å²) in [5, 5.41) is 14.9. The Morgan fingerprint density at radius 1 is 1.85 bits per heavy atom. The summed E-state index contributed by atoms with van der Waals surface area (Å²) < 4.78 is 2.18. The number of nitrogens with zero attached hydrogens (tertiary/aromatic N) is 2. The van der Waals surface area contributed by atoms with Crippen LogP contribution in [-0.2, 0) is 7.05 Å². The molecule has 0 unspecified atom stereocenters. The minimum absolute atomic E-state index is 0.0732. The number of aliphatic hydroxyl groups is 1. The van der Waals surface area contributed by atoms with Gasteiger partial charge < -0.3 is 10.4 Å². The first-order valence-corrected chi connectivity index (χ1v) is 4.52. The molecule has 0 bridgehead atoms. The van der Waals surface area contributed by atoms with Gasteiger partial charge in [-0.2, -0.15) is 5.10 Å². The zero-order valence-electron chi connectivity index (χ0n) is 7.12. The van der Waals surface area contributed by atoms with Crippen LogP contribution in [0.15, 0.2) is 10.7 Å². The SMILES string of the molecule is Cn1cc(Br)c(C(=O)NCCO)n1. The molecule has 5 nitrogen and oxygen atoms in total. The van der Waals surface area contributed by atoms with Crippen LogP contribution in [0.25, 0.3) is 0 Å². The average Bonchev–Trinajstić information content (AvgIpc) is 2.41. The highest BCUT2D eigenvalue weighted by Gasteiger charge is 2.12. The second-order valence-corrected chi connectivity index (χ2v) is 3.33. The van der Waals surface area contributed by atoms with E-state index >= 15 is 0 Å². The lowest BCUT2D eigenvalue weighted by Crippen LogP contribution is -2.27. The van der Waals surface area contributed by atoms with Crippen LogP contribution in [0, 0.1) is 0 Å². The van der Waals surface area contributed by atoms with Gasteiger partial charge in [0, 0.05) is 19.8 Å². The predicted molar refractivity (Wildman–Crippen MR) is 50.3 cm³/mol. The molecule has 6 heteroatoms. The van der Waals surface area contributed by atoms with Gasteiger partial charge in [-0.15, -0.1) is 0 Å². The van der Waals surface area contributed by atoms with Crippen molar-refractivity contribution in [3.8, 4) is 0 Å². The average molecular weight is 248 g/mol. The lowest BCUT2D eigenvalue weighted by atomic mass is 10.4. The summed E-state index contributed by atoms with van der Waals surface area (Å²) in [5.41, 5.74) is 0.330. The number of halogens is 1. The molecule has 0 saturated heterocycles. The van der Waals surface area contributed by atoms with E-state index in [9.17, 15) is 4.79 Å². The number of aromatic nitrogens is 2. The molecule has 0 fully saturated rings. The summed E-state index contributed by atoms with van der Waals surface area (Å²) in [5.74, 6) is -0.290. The quantitative estimate of drug-likeness (QED) is 0.785. The number of hydrogen-bond acceptors (Lipinski definition) is 3. The fraction of sp³-hybridized carbons (Fsp3) is 0.429. The smallest absolute Gasteiger partial charge is 0.273 e. The second kappa shape index (κ2) is 4.38. The van der Waals surface area contributed by atoms with Crippen LogP contribution in [0.2, 0.25) is 0 Å². The van der Waals surface area contributed by atoms with Crippen molar-refractivity contribution in [2.45, 2.75) is 0 Å². The first-order chi connectivity index (χ1) is 6.15. The standard InChI is InChI=1S/C7H10BrN3O2/c1-11-4-5(8)6(10-11)7(13)9-2-3-12/h4,12H,2-3H2,1H3,(H,9,13). The van der Waals surface area contributed by atoms with Gasteiger partial charge in [0.1, 0.15) is 0 Å². The minimum atomic E-state index is -0.290. The van der Waals surface area contributed by atoms with Gasteiger partial charge in [-0.1, -0.05) is 0 Å². The van der Waals surface area contributed by atoms with E-state index in [-0.39, 0.29) is 19.1 Å². The number of aryl methyl sites for hydroxylation is 1. The lowest BCUT2D eigenvalue weighted by molar-refractivity contribution is 0.0938. The Morgan fingerprint density at radius 3 is 3.00 bits per heavy atom. The molecule has 1 heterocycles. The molecule has 0 saturated carbocycles. The number of rotatable bonds is 3. The Labute approximate surface area is 83.9 Å². The molecule has 1 amide bonds. The molecule has 0 spiro atoms. The Balaban J connectivity index is 2.70. The topological polar surface area (TPSA) is 67.2 Å². The van der Waals surface area contributed by atoms with Crippen molar-refractivity contribution < 1.29 is 9.90 Å². The van der Waals surface area contributed by atoms with Gasteiger partial charge in [0.05, 0.1) is 11.1 Å². The number of carbonyl (C=O) groups excluding carboxylic acids is 1. The zero-order chi connectivity index (χ0) is 9.84. The molecule has 0 atom stereocenters. The zero-order valence-corrected chi connectivity index (χ0v) is 8.71. The molecule has 0 aliphatic carbocycles. The molecule has 0 radical (unpaired) electrons. The predicted octanol–water partition coefficient (Wildman–Crippen LogP) is -0.0953. The third kappa shape index (κ3) is 2.53. The van der Waals surface area contributed by atoms with E-state index in [4.69, 9.17) is 5.11 Å². The third-order valence-corrected chi connectivity index (χ3v) is 1.98. The Hall–Kier alpha value is -0.880. The fourth-order valence-corrected chi connectivity index (χ4v) is 1.42. The van der Waals surface area contributed by atoms with Crippen molar-refractivity contribution in [2.75, 3.05) is 13.2 Å². The van der Waals surface area contributed by atoms with Gasteiger partial charge in [-0.3, -0.25) is 9.48 Å².